The van der Waals surface area contributed by atoms with E-state index >= 15 is 0 Å². The monoisotopic (exact) mass is 264 g/mol. The van der Waals surface area contributed by atoms with E-state index in [4.69, 9.17) is 9.47 Å². The third kappa shape index (κ3) is 2.21. The summed E-state index contributed by atoms with van der Waals surface area (Å²) in [7, 11) is 3.11. The molecule has 0 amide bonds. The van der Waals surface area contributed by atoms with Crippen LogP contribution in [0.2, 0.25) is 0 Å². The van der Waals surface area contributed by atoms with Gasteiger partial charge in [0.25, 0.3) is 0 Å². The van der Waals surface area contributed by atoms with Crippen molar-refractivity contribution >= 4 is 0 Å². The lowest BCUT2D eigenvalue weighted by atomic mass is 9.93. The zero-order chi connectivity index (χ0) is 14.0. The first-order valence-electron chi connectivity index (χ1n) is 5.90. The zero-order valence-electron chi connectivity index (χ0n) is 11.0. The molecule has 1 aliphatic rings. The molecule has 0 aliphatic carbocycles. The highest BCUT2D eigenvalue weighted by molar-refractivity contribution is 5.50. The Morgan fingerprint density at radius 1 is 1.42 bits per heavy atom. The Morgan fingerprint density at radius 3 is 2.58 bits per heavy atom. The molecule has 19 heavy (non-hydrogen) atoms. The van der Waals surface area contributed by atoms with E-state index in [0.717, 1.165) is 11.1 Å². The molecular weight excluding hydrogens is 248 g/mol. The van der Waals surface area contributed by atoms with Gasteiger partial charge in [-0.1, -0.05) is 6.08 Å². The minimum atomic E-state index is -0.446. The Labute approximate surface area is 111 Å². The minimum Gasteiger partial charge on any atom is -0.493 e. The molecule has 0 aromatic heterocycles. The lowest BCUT2D eigenvalue weighted by Gasteiger charge is -2.29. The number of fused-ring (bicyclic) bond motifs is 1. The van der Waals surface area contributed by atoms with Crippen molar-refractivity contribution in [1.82, 2.24) is 5.01 Å². The topological polar surface area (TPSA) is 64.8 Å². The van der Waals surface area contributed by atoms with Crippen molar-refractivity contribution in [1.29, 1.82) is 0 Å². The zero-order valence-corrected chi connectivity index (χ0v) is 11.0. The lowest BCUT2D eigenvalue weighted by molar-refractivity contribution is -0.664. The third-order valence-corrected chi connectivity index (χ3v) is 3.33. The molecule has 1 aromatic carbocycles. The lowest BCUT2D eigenvalue weighted by Crippen LogP contribution is -2.38. The highest BCUT2D eigenvalue weighted by Gasteiger charge is 2.32. The highest BCUT2D eigenvalue weighted by atomic mass is 16.7. The minimum absolute atomic E-state index is 0.353. The molecule has 0 bridgehead atoms. The molecule has 0 spiro atoms. The fraction of sp³-hybridized carbons (Fsp3) is 0.385. The molecule has 0 N–H and O–H groups in total. The molecule has 0 saturated carbocycles. The maximum Gasteiger partial charge on any atom is 0.161 e. The van der Waals surface area contributed by atoms with Crippen molar-refractivity contribution in [2.75, 3.05) is 20.8 Å². The van der Waals surface area contributed by atoms with Crippen LogP contribution in [0.4, 0.5) is 0 Å². The Morgan fingerprint density at radius 2 is 2.05 bits per heavy atom. The summed E-state index contributed by atoms with van der Waals surface area (Å²) in [5.41, 5.74) is 1.87. The van der Waals surface area contributed by atoms with E-state index in [1.54, 1.807) is 26.4 Å². The standard InChI is InChI=1S/C13H16N2O4/c1-4-11-10-8-13(19-3)12(18-2)7-9(10)5-6-14(11)15(16)17/h4,7-8,11H,1,5-6H2,2-3H3. The van der Waals surface area contributed by atoms with Gasteiger partial charge in [-0.15, -0.1) is 11.6 Å². The van der Waals surface area contributed by atoms with Gasteiger partial charge in [-0.2, -0.15) is 0 Å². The molecule has 2 rings (SSSR count). The van der Waals surface area contributed by atoms with Crippen LogP contribution in [0.3, 0.4) is 0 Å². The first-order chi connectivity index (χ1) is 9.12. The van der Waals surface area contributed by atoms with Gasteiger partial charge in [0.15, 0.2) is 16.5 Å². The quantitative estimate of drug-likeness (QED) is 0.472. The number of rotatable bonds is 4. The summed E-state index contributed by atoms with van der Waals surface area (Å²) in [5, 5.41) is 11.8. The number of ether oxygens (including phenoxy) is 2. The summed E-state index contributed by atoms with van der Waals surface area (Å²) in [6.07, 6.45) is 2.17. The molecule has 102 valence electrons. The van der Waals surface area contributed by atoms with Crippen molar-refractivity contribution in [2.45, 2.75) is 12.5 Å². The Kier molecular flexibility index (Phi) is 3.59. The van der Waals surface area contributed by atoms with E-state index in [0.29, 0.717) is 24.5 Å². The van der Waals surface area contributed by atoms with Gasteiger partial charge < -0.3 is 9.47 Å². The van der Waals surface area contributed by atoms with Crippen LogP contribution in [-0.2, 0) is 6.42 Å². The van der Waals surface area contributed by atoms with Gasteiger partial charge in [-0.3, -0.25) is 0 Å². The fourth-order valence-corrected chi connectivity index (χ4v) is 2.40. The fourth-order valence-electron chi connectivity index (χ4n) is 2.40. The number of methoxy groups -OCH3 is 2. The molecule has 6 heteroatoms. The largest absolute Gasteiger partial charge is 0.493 e. The summed E-state index contributed by atoms with van der Waals surface area (Å²) in [4.78, 5) is 11.0. The molecular formula is C13H16N2O4. The number of nitrogens with zero attached hydrogens (tertiary/aromatic N) is 2. The van der Waals surface area contributed by atoms with Gasteiger partial charge in [-0.05, 0) is 29.7 Å². The molecule has 0 saturated heterocycles. The van der Waals surface area contributed by atoms with E-state index in [9.17, 15) is 10.1 Å². The first-order valence-corrected chi connectivity index (χ1v) is 5.90. The number of benzene rings is 1. The molecule has 1 heterocycles. The molecule has 1 aliphatic heterocycles. The van der Waals surface area contributed by atoms with Crippen LogP contribution < -0.4 is 9.47 Å². The number of hydrogen-bond acceptors (Lipinski definition) is 4. The third-order valence-electron chi connectivity index (χ3n) is 3.33. The molecule has 0 fully saturated rings. The average Bonchev–Trinajstić information content (AvgIpc) is 2.43. The van der Waals surface area contributed by atoms with Crippen LogP contribution in [0.25, 0.3) is 0 Å². The summed E-state index contributed by atoms with van der Waals surface area (Å²) >= 11 is 0. The average molecular weight is 264 g/mol. The van der Waals surface area contributed by atoms with Crippen LogP contribution >= 0.6 is 0 Å². The molecule has 1 unspecified atom stereocenters. The number of hydrazine groups is 1. The van der Waals surface area contributed by atoms with E-state index in [1.165, 1.54) is 5.01 Å². The van der Waals surface area contributed by atoms with Gasteiger partial charge in [0.1, 0.15) is 6.04 Å². The van der Waals surface area contributed by atoms with Crippen molar-refractivity contribution in [3.8, 4) is 11.5 Å². The van der Waals surface area contributed by atoms with Crippen LogP contribution in [-0.4, -0.2) is 30.8 Å². The first kappa shape index (κ1) is 13.2. The second-order valence-electron chi connectivity index (χ2n) is 4.24. The van der Waals surface area contributed by atoms with E-state index < -0.39 is 6.04 Å². The Balaban J connectivity index is 2.51. The maximum absolute atomic E-state index is 11.0. The molecule has 0 radical (unpaired) electrons. The Hall–Kier alpha value is -2.24. The van der Waals surface area contributed by atoms with Crippen molar-refractivity contribution in [3.63, 3.8) is 0 Å². The predicted molar refractivity (Wildman–Crippen MR) is 69.9 cm³/mol. The molecule has 1 atom stereocenters. The summed E-state index contributed by atoms with van der Waals surface area (Å²) < 4.78 is 10.5. The van der Waals surface area contributed by atoms with Gasteiger partial charge in [0.05, 0.1) is 20.8 Å². The van der Waals surface area contributed by atoms with Gasteiger partial charge in [-0.25, -0.2) is 10.1 Å². The van der Waals surface area contributed by atoms with Crippen LogP contribution in [0.1, 0.15) is 17.2 Å². The van der Waals surface area contributed by atoms with Crippen molar-refractivity contribution in [3.05, 3.63) is 46.0 Å². The van der Waals surface area contributed by atoms with Crippen molar-refractivity contribution in [2.24, 2.45) is 0 Å². The highest BCUT2D eigenvalue weighted by Crippen LogP contribution is 2.38. The second-order valence-corrected chi connectivity index (χ2v) is 4.24. The number of nitro groups is 1. The molecule has 1 aromatic rings. The molecule has 6 nitrogen and oxygen atoms in total. The van der Waals surface area contributed by atoms with Gasteiger partial charge in [0.2, 0.25) is 0 Å². The van der Waals surface area contributed by atoms with Crippen molar-refractivity contribution < 1.29 is 14.5 Å². The second kappa shape index (κ2) is 5.17. The summed E-state index contributed by atoms with van der Waals surface area (Å²) in [5.74, 6) is 1.21. The van der Waals surface area contributed by atoms with E-state index in [-0.39, 0.29) is 5.03 Å². The van der Waals surface area contributed by atoms with Crippen LogP contribution in [0, 0.1) is 10.1 Å². The summed E-state index contributed by atoms with van der Waals surface area (Å²) in [6, 6.07) is 3.22. The normalized spacial score (nSPS) is 17.6. The predicted octanol–water partition coefficient (Wildman–Crippen LogP) is 1.98. The van der Waals surface area contributed by atoms with E-state index in [1.807, 2.05) is 6.07 Å². The smallest absolute Gasteiger partial charge is 0.161 e. The van der Waals surface area contributed by atoms with Crippen LogP contribution in [0.5, 0.6) is 11.5 Å². The number of hydrogen-bond donors (Lipinski definition) is 0. The maximum atomic E-state index is 11.0. The van der Waals surface area contributed by atoms with Gasteiger partial charge in [0, 0.05) is 0 Å². The Bertz CT molecular complexity index is 516. The van der Waals surface area contributed by atoms with E-state index in [2.05, 4.69) is 6.58 Å². The van der Waals surface area contributed by atoms with Gasteiger partial charge >= 0.3 is 0 Å². The SMILES string of the molecule is C=CC1c2cc(OC)c(OC)cc2CCN1[N+](=O)[O-]. The van der Waals surface area contributed by atoms with Crippen LogP contribution in [0.15, 0.2) is 24.8 Å². The summed E-state index contributed by atoms with van der Waals surface area (Å²) in [6.45, 7) is 4.05.